The molecule has 1 amide bonds. The molecule has 0 fully saturated rings. The third-order valence-electron chi connectivity index (χ3n) is 3.23. The maximum Gasteiger partial charge on any atom is 0.407 e. The fourth-order valence-corrected chi connectivity index (χ4v) is 2.65. The fourth-order valence-electron chi connectivity index (χ4n) is 2.15. The third-order valence-corrected chi connectivity index (χ3v) is 3.99. The molecule has 118 valence electrons. The van der Waals surface area contributed by atoms with E-state index in [2.05, 4.69) is 22.4 Å². The zero-order valence-electron chi connectivity index (χ0n) is 12.4. The first-order chi connectivity index (χ1) is 10.8. The van der Waals surface area contributed by atoms with E-state index >= 15 is 0 Å². The minimum atomic E-state index is -0.397. The van der Waals surface area contributed by atoms with Crippen molar-refractivity contribution in [2.24, 2.45) is 5.73 Å². The number of nitrogens with zero attached hydrogens (tertiary/aromatic N) is 1. The van der Waals surface area contributed by atoms with Crippen LogP contribution in [0.3, 0.4) is 0 Å². The van der Waals surface area contributed by atoms with Gasteiger partial charge >= 0.3 is 6.09 Å². The van der Waals surface area contributed by atoms with E-state index in [0.29, 0.717) is 6.54 Å². The summed E-state index contributed by atoms with van der Waals surface area (Å²) in [5.74, 6) is 0. The molecule has 1 atom stereocenters. The second-order valence-electron chi connectivity index (χ2n) is 5.01. The van der Waals surface area contributed by atoms with Crippen LogP contribution in [0.5, 0.6) is 0 Å². The molecule has 1 heterocycles. The molecular formula is C16H21N3O2S. The summed E-state index contributed by atoms with van der Waals surface area (Å²) in [6.45, 7) is 0.869. The van der Waals surface area contributed by atoms with Gasteiger partial charge in [-0.15, -0.1) is 11.3 Å². The van der Waals surface area contributed by atoms with Crippen LogP contribution >= 0.6 is 11.3 Å². The van der Waals surface area contributed by atoms with E-state index in [0.717, 1.165) is 24.1 Å². The Hall–Kier alpha value is -1.92. The standard InChI is InChI=1S/C16H21N3O2S/c17-8-4-7-14(9-13-5-2-1-3-6-13)19-16(20)21-11-15-10-18-12-22-15/h1-3,5-6,10,12,14H,4,7-9,11,17H2,(H,19,20). The number of alkyl carbamates (subject to hydrolysis) is 1. The lowest BCUT2D eigenvalue weighted by molar-refractivity contribution is 0.136. The first-order valence-electron chi connectivity index (χ1n) is 7.32. The number of hydrogen-bond acceptors (Lipinski definition) is 5. The Labute approximate surface area is 134 Å². The highest BCUT2D eigenvalue weighted by Crippen LogP contribution is 2.09. The third kappa shape index (κ3) is 5.83. The summed E-state index contributed by atoms with van der Waals surface area (Å²) in [5.41, 5.74) is 8.48. The summed E-state index contributed by atoms with van der Waals surface area (Å²) in [6.07, 6.45) is 3.78. The zero-order valence-corrected chi connectivity index (χ0v) is 13.2. The van der Waals surface area contributed by atoms with Crippen molar-refractivity contribution >= 4 is 17.4 Å². The summed E-state index contributed by atoms with van der Waals surface area (Å²) in [4.78, 5) is 16.8. The molecule has 0 saturated carbocycles. The molecule has 1 unspecified atom stereocenters. The van der Waals surface area contributed by atoms with Crippen LogP contribution in [0.15, 0.2) is 42.0 Å². The number of nitrogens with one attached hydrogen (secondary N) is 1. The highest BCUT2D eigenvalue weighted by molar-refractivity contribution is 7.09. The molecule has 1 aromatic carbocycles. The Morgan fingerprint density at radius 3 is 2.86 bits per heavy atom. The van der Waals surface area contributed by atoms with Crippen LogP contribution in [0.2, 0.25) is 0 Å². The number of thiazole rings is 1. The van der Waals surface area contributed by atoms with Crippen molar-refractivity contribution in [1.29, 1.82) is 0 Å². The van der Waals surface area contributed by atoms with Gasteiger partial charge in [-0.25, -0.2) is 4.79 Å². The number of rotatable bonds is 8. The summed E-state index contributed by atoms with van der Waals surface area (Å²) < 4.78 is 5.22. The van der Waals surface area contributed by atoms with Gasteiger partial charge in [0.2, 0.25) is 0 Å². The Bertz CT molecular complexity index is 546. The van der Waals surface area contributed by atoms with E-state index in [1.165, 1.54) is 16.9 Å². The lowest BCUT2D eigenvalue weighted by Gasteiger charge is -2.18. The van der Waals surface area contributed by atoms with Crippen LogP contribution in [0.1, 0.15) is 23.3 Å². The molecular weight excluding hydrogens is 298 g/mol. The van der Waals surface area contributed by atoms with Gasteiger partial charge in [-0.2, -0.15) is 0 Å². The van der Waals surface area contributed by atoms with Crippen molar-refractivity contribution < 1.29 is 9.53 Å². The predicted octanol–water partition coefficient (Wildman–Crippen LogP) is 2.72. The summed E-state index contributed by atoms with van der Waals surface area (Å²) in [5, 5.41) is 2.93. The normalized spacial score (nSPS) is 11.9. The Morgan fingerprint density at radius 1 is 1.36 bits per heavy atom. The largest absolute Gasteiger partial charge is 0.444 e. The van der Waals surface area contributed by atoms with Gasteiger partial charge in [0.05, 0.1) is 10.4 Å². The van der Waals surface area contributed by atoms with E-state index in [4.69, 9.17) is 10.5 Å². The maximum absolute atomic E-state index is 11.9. The van der Waals surface area contributed by atoms with Crippen LogP contribution in [0.4, 0.5) is 4.79 Å². The quantitative estimate of drug-likeness (QED) is 0.784. The van der Waals surface area contributed by atoms with Crippen LogP contribution in [0, 0.1) is 0 Å². The molecule has 2 aromatic rings. The van der Waals surface area contributed by atoms with Gasteiger partial charge in [-0.1, -0.05) is 30.3 Å². The average Bonchev–Trinajstić information content (AvgIpc) is 3.05. The number of amides is 1. The lowest BCUT2D eigenvalue weighted by atomic mass is 10.0. The predicted molar refractivity (Wildman–Crippen MR) is 87.7 cm³/mol. The molecule has 0 aliphatic carbocycles. The molecule has 0 saturated heterocycles. The number of hydrogen-bond donors (Lipinski definition) is 2. The second-order valence-corrected chi connectivity index (χ2v) is 5.98. The van der Waals surface area contributed by atoms with E-state index < -0.39 is 6.09 Å². The number of aromatic nitrogens is 1. The molecule has 2 rings (SSSR count). The van der Waals surface area contributed by atoms with Crippen LogP contribution in [-0.2, 0) is 17.8 Å². The van der Waals surface area contributed by atoms with Crippen LogP contribution in [-0.4, -0.2) is 23.7 Å². The van der Waals surface area contributed by atoms with E-state index in [9.17, 15) is 4.79 Å². The topological polar surface area (TPSA) is 77.2 Å². The average molecular weight is 319 g/mol. The Morgan fingerprint density at radius 2 is 2.18 bits per heavy atom. The second kappa shape index (κ2) is 9.17. The number of carbonyl (C=O) groups is 1. The van der Waals surface area contributed by atoms with Gasteiger partial charge in [0, 0.05) is 12.2 Å². The molecule has 22 heavy (non-hydrogen) atoms. The van der Waals surface area contributed by atoms with Crippen molar-refractivity contribution in [3.8, 4) is 0 Å². The van der Waals surface area contributed by atoms with E-state index in [-0.39, 0.29) is 12.6 Å². The zero-order chi connectivity index (χ0) is 15.6. The lowest BCUT2D eigenvalue weighted by Crippen LogP contribution is -2.37. The monoisotopic (exact) mass is 319 g/mol. The van der Waals surface area contributed by atoms with Gasteiger partial charge in [0.1, 0.15) is 6.61 Å². The van der Waals surface area contributed by atoms with Crippen molar-refractivity contribution in [1.82, 2.24) is 10.3 Å². The first-order valence-corrected chi connectivity index (χ1v) is 8.20. The van der Waals surface area contributed by atoms with Crippen molar-refractivity contribution in [2.75, 3.05) is 6.54 Å². The number of carbonyl (C=O) groups excluding carboxylic acids is 1. The highest BCUT2D eigenvalue weighted by Gasteiger charge is 2.14. The number of ether oxygens (including phenoxy) is 1. The highest BCUT2D eigenvalue weighted by atomic mass is 32.1. The van der Waals surface area contributed by atoms with E-state index in [1.54, 1.807) is 11.7 Å². The van der Waals surface area contributed by atoms with Crippen molar-refractivity contribution in [2.45, 2.75) is 31.9 Å². The SMILES string of the molecule is NCCCC(Cc1ccccc1)NC(=O)OCc1cncs1. The minimum Gasteiger partial charge on any atom is -0.444 e. The Balaban J connectivity index is 1.83. The minimum absolute atomic E-state index is 0.0277. The van der Waals surface area contributed by atoms with Gasteiger partial charge in [-0.05, 0) is 31.4 Å². The maximum atomic E-state index is 11.9. The molecule has 5 nitrogen and oxygen atoms in total. The molecule has 6 heteroatoms. The van der Waals surface area contributed by atoms with Crippen molar-refractivity contribution in [3.63, 3.8) is 0 Å². The number of benzene rings is 1. The fraction of sp³-hybridized carbons (Fsp3) is 0.375. The van der Waals surface area contributed by atoms with Crippen molar-refractivity contribution in [3.05, 3.63) is 52.5 Å². The summed E-state index contributed by atoms with van der Waals surface area (Å²) >= 11 is 1.47. The van der Waals surface area contributed by atoms with E-state index in [1.807, 2.05) is 18.2 Å². The molecule has 0 radical (unpaired) electrons. The summed E-state index contributed by atoms with van der Waals surface area (Å²) in [7, 11) is 0. The van der Waals surface area contributed by atoms with Gasteiger partial charge < -0.3 is 15.8 Å². The first kappa shape index (κ1) is 16.5. The van der Waals surface area contributed by atoms with Crippen LogP contribution in [0.25, 0.3) is 0 Å². The van der Waals surface area contributed by atoms with Gasteiger partial charge in [-0.3, -0.25) is 4.98 Å². The molecule has 0 bridgehead atoms. The molecule has 0 spiro atoms. The smallest absolute Gasteiger partial charge is 0.407 e. The molecule has 0 aliphatic heterocycles. The summed E-state index contributed by atoms with van der Waals surface area (Å²) in [6, 6.07) is 10.1. The molecule has 0 aliphatic rings. The Kier molecular flexibility index (Phi) is 6.86. The van der Waals surface area contributed by atoms with Gasteiger partial charge in [0.15, 0.2) is 0 Å². The molecule has 1 aromatic heterocycles. The number of nitrogens with two attached hydrogens (primary N) is 1. The van der Waals surface area contributed by atoms with Gasteiger partial charge in [0.25, 0.3) is 0 Å². The molecule has 3 N–H and O–H groups in total. The van der Waals surface area contributed by atoms with Crippen LogP contribution < -0.4 is 11.1 Å².